The van der Waals surface area contributed by atoms with Crippen molar-refractivity contribution in [1.29, 1.82) is 0 Å². The van der Waals surface area contributed by atoms with E-state index in [-0.39, 0.29) is 30.3 Å². The molecule has 8 nitrogen and oxygen atoms in total. The number of aromatic amines is 1. The van der Waals surface area contributed by atoms with Gasteiger partial charge < -0.3 is 20.4 Å². The van der Waals surface area contributed by atoms with Crippen LogP contribution in [0.15, 0.2) is 29.1 Å². The zero-order chi connectivity index (χ0) is 18.7. The average Bonchev–Trinajstić information content (AvgIpc) is 2.64. The number of pyridine rings is 1. The molecule has 26 heavy (non-hydrogen) atoms. The van der Waals surface area contributed by atoms with Crippen molar-refractivity contribution in [3.05, 3.63) is 40.2 Å². The van der Waals surface area contributed by atoms with Crippen LogP contribution in [0.3, 0.4) is 0 Å². The molecule has 3 rings (SSSR count). The molecule has 8 heteroatoms. The number of benzene rings is 1. The first kappa shape index (κ1) is 17.9. The number of carbonyl (C=O) groups excluding carboxylic acids is 2. The Labute approximate surface area is 150 Å². The fraction of sp³-hybridized carbons (Fsp3) is 0.389. The molecule has 1 aliphatic rings. The molecular weight excluding hydrogens is 336 g/mol. The molecule has 0 bridgehead atoms. The molecule has 138 valence electrons. The standard InChI is InChI=1S/C18H22N4O4/c1-19-16(23)9-15-18(25)20-5-6-22(15)10-12-7-11-8-13(26-2)3-4-14(11)21-17(12)24/h3-4,7-8,15H,5-6,9-10H2,1-2H3,(H,19,23)(H,20,25)(H,21,24)/t15-/m1/s1. The van der Waals surface area contributed by atoms with E-state index >= 15 is 0 Å². The van der Waals surface area contributed by atoms with Gasteiger partial charge in [0.2, 0.25) is 11.8 Å². The Morgan fingerprint density at radius 1 is 1.35 bits per heavy atom. The van der Waals surface area contributed by atoms with Gasteiger partial charge in [0.1, 0.15) is 5.75 Å². The summed E-state index contributed by atoms with van der Waals surface area (Å²) in [5.41, 5.74) is 1.06. The first-order valence-electron chi connectivity index (χ1n) is 8.44. The highest BCUT2D eigenvalue weighted by Crippen LogP contribution is 2.20. The highest BCUT2D eigenvalue weighted by Gasteiger charge is 2.31. The Kier molecular flexibility index (Phi) is 5.22. The lowest BCUT2D eigenvalue weighted by Gasteiger charge is -2.34. The van der Waals surface area contributed by atoms with Gasteiger partial charge in [0, 0.05) is 43.1 Å². The number of nitrogens with zero attached hydrogens (tertiary/aromatic N) is 1. The first-order valence-corrected chi connectivity index (χ1v) is 8.44. The molecule has 1 aliphatic heterocycles. The molecule has 0 spiro atoms. The minimum atomic E-state index is -0.593. The highest BCUT2D eigenvalue weighted by atomic mass is 16.5. The summed E-state index contributed by atoms with van der Waals surface area (Å²) in [6, 6.07) is 6.64. The molecule has 2 amide bonds. The van der Waals surface area contributed by atoms with E-state index in [1.807, 2.05) is 11.0 Å². The molecule has 1 aromatic carbocycles. The summed E-state index contributed by atoms with van der Waals surface area (Å²) in [5.74, 6) is 0.290. The predicted molar refractivity (Wildman–Crippen MR) is 97.0 cm³/mol. The van der Waals surface area contributed by atoms with E-state index in [9.17, 15) is 14.4 Å². The normalized spacial score (nSPS) is 17.8. The molecule has 1 saturated heterocycles. The number of H-pyrrole nitrogens is 1. The van der Waals surface area contributed by atoms with Crippen LogP contribution in [0.5, 0.6) is 5.75 Å². The van der Waals surface area contributed by atoms with E-state index in [1.54, 1.807) is 25.3 Å². The van der Waals surface area contributed by atoms with Crippen LogP contribution in [0.1, 0.15) is 12.0 Å². The molecule has 0 radical (unpaired) electrons. The lowest BCUT2D eigenvalue weighted by molar-refractivity contribution is -0.134. The van der Waals surface area contributed by atoms with E-state index in [2.05, 4.69) is 15.6 Å². The van der Waals surface area contributed by atoms with Crippen LogP contribution >= 0.6 is 0 Å². The summed E-state index contributed by atoms with van der Waals surface area (Å²) >= 11 is 0. The topological polar surface area (TPSA) is 104 Å². The predicted octanol–water partition coefficient (Wildman–Crippen LogP) is -0.0268. The second-order valence-corrected chi connectivity index (χ2v) is 6.23. The van der Waals surface area contributed by atoms with Gasteiger partial charge in [0.05, 0.1) is 19.6 Å². The molecule has 1 atom stereocenters. The maximum absolute atomic E-state index is 12.4. The number of methoxy groups -OCH3 is 1. The summed E-state index contributed by atoms with van der Waals surface area (Å²) in [7, 11) is 3.12. The zero-order valence-electron chi connectivity index (χ0n) is 14.8. The second-order valence-electron chi connectivity index (χ2n) is 6.23. The fourth-order valence-electron chi connectivity index (χ4n) is 3.14. The van der Waals surface area contributed by atoms with Crippen molar-refractivity contribution in [2.24, 2.45) is 0 Å². The van der Waals surface area contributed by atoms with Crippen molar-refractivity contribution >= 4 is 22.7 Å². The lowest BCUT2D eigenvalue weighted by Crippen LogP contribution is -2.56. The van der Waals surface area contributed by atoms with E-state index in [1.165, 1.54) is 7.05 Å². The molecule has 0 aliphatic carbocycles. The third-order valence-electron chi connectivity index (χ3n) is 4.60. The largest absolute Gasteiger partial charge is 0.497 e. The molecule has 2 aromatic rings. The molecule has 1 fully saturated rings. The number of nitrogens with one attached hydrogen (secondary N) is 3. The Balaban J connectivity index is 1.90. The van der Waals surface area contributed by atoms with Crippen molar-refractivity contribution in [3.8, 4) is 5.75 Å². The minimum Gasteiger partial charge on any atom is -0.497 e. The smallest absolute Gasteiger partial charge is 0.252 e. The Morgan fingerprint density at radius 2 is 2.15 bits per heavy atom. The van der Waals surface area contributed by atoms with Gasteiger partial charge in [0.25, 0.3) is 5.56 Å². The van der Waals surface area contributed by atoms with Crippen molar-refractivity contribution in [2.75, 3.05) is 27.2 Å². The summed E-state index contributed by atoms with van der Waals surface area (Å²) in [6.45, 7) is 1.35. The molecular formula is C18H22N4O4. The monoisotopic (exact) mass is 358 g/mol. The number of hydrogen-bond acceptors (Lipinski definition) is 5. The Bertz CT molecular complexity index is 892. The van der Waals surface area contributed by atoms with Gasteiger partial charge in [-0.1, -0.05) is 0 Å². The van der Waals surface area contributed by atoms with Gasteiger partial charge in [-0.25, -0.2) is 0 Å². The van der Waals surface area contributed by atoms with E-state index in [0.717, 1.165) is 10.9 Å². The van der Waals surface area contributed by atoms with Crippen LogP contribution in [0.25, 0.3) is 10.9 Å². The van der Waals surface area contributed by atoms with Crippen molar-refractivity contribution in [2.45, 2.75) is 19.0 Å². The number of piperazine rings is 1. The molecule has 3 N–H and O–H groups in total. The van der Waals surface area contributed by atoms with Crippen LogP contribution < -0.4 is 20.9 Å². The zero-order valence-corrected chi connectivity index (χ0v) is 14.8. The van der Waals surface area contributed by atoms with Gasteiger partial charge >= 0.3 is 0 Å². The van der Waals surface area contributed by atoms with Crippen molar-refractivity contribution in [1.82, 2.24) is 20.5 Å². The number of rotatable bonds is 5. The van der Waals surface area contributed by atoms with E-state index in [4.69, 9.17) is 4.74 Å². The fourth-order valence-corrected chi connectivity index (χ4v) is 3.14. The molecule has 1 aromatic heterocycles. The maximum Gasteiger partial charge on any atom is 0.252 e. The maximum atomic E-state index is 12.4. The summed E-state index contributed by atoms with van der Waals surface area (Å²) in [5, 5.41) is 6.16. The van der Waals surface area contributed by atoms with Gasteiger partial charge in [0.15, 0.2) is 0 Å². The summed E-state index contributed by atoms with van der Waals surface area (Å²) in [4.78, 5) is 41.1. The molecule has 2 heterocycles. The van der Waals surface area contributed by atoms with Gasteiger partial charge in [-0.05, 0) is 24.3 Å². The van der Waals surface area contributed by atoms with Crippen LogP contribution in [-0.2, 0) is 16.1 Å². The summed E-state index contributed by atoms with van der Waals surface area (Å²) in [6.07, 6.45) is 0.0572. The van der Waals surface area contributed by atoms with Crippen molar-refractivity contribution < 1.29 is 14.3 Å². The average molecular weight is 358 g/mol. The van der Waals surface area contributed by atoms with Crippen LogP contribution in [0.4, 0.5) is 0 Å². The van der Waals surface area contributed by atoms with Gasteiger partial charge in [-0.2, -0.15) is 0 Å². The van der Waals surface area contributed by atoms with Crippen LogP contribution in [0, 0.1) is 0 Å². The second kappa shape index (κ2) is 7.57. The third-order valence-corrected chi connectivity index (χ3v) is 4.60. The van der Waals surface area contributed by atoms with Crippen LogP contribution in [0.2, 0.25) is 0 Å². The number of hydrogen-bond donors (Lipinski definition) is 3. The minimum absolute atomic E-state index is 0.0572. The van der Waals surface area contributed by atoms with Crippen molar-refractivity contribution in [3.63, 3.8) is 0 Å². The number of aromatic nitrogens is 1. The third kappa shape index (κ3) is 3.70. The quantitative estimate of drug-likeness (QED) is 0.697. The Hall–Kier alpha value is -2.87. The van der Waals surface area contributed by atoms with Gasteiger partial charge in [-0.3, -0.25) is 19.3 Å². The van der Waals surface area contributed by atoms with Crippen LogP contribution in [-0.4, -0.2) is 55.0 Å². The Morgan fingerprint density at radius 3 is 2.88 bits per heavy atom. The van der Waals surface area contributed by atoms with E-state index < -0.39 is 6.04 Å². The molecule has 0 unspecified atom stereocenters. The number of amides is 2. The highest BCUT2D eigenvalue weighted by molar-refractivity contribution is 5.88. The lowest BCUT2D eigenvalue weighted by atomic mass is 10.1. The number of fused-ring (bicyclic) bond motifs is 1. The summed E-state index contributed by atoms with van der Waals surface area (Å²) < 4.78 is 5.23. The molecule has 0 saturated carbocycles. The first-order chi connectivity index (χ1) is 12.5. The van der Waals surface area contributed by atoms with Gasteiger partial charge in [-0.15, -0.1) is 0 Å². The SMILES string of the molecule is CNC(=O)C[C@@H]1C(=O)NCCN1Cc1cc2cc(OC)ccc2[nH]c1=O. The van der Waals surface area contributed by atoms with E-state index in [0.29, 0.717) is 24.4 Å². The number of carbonyl (C=O) groups is 2. The number of ether oxygens (including phenoxy) is 1.